The Morgan fingerprint density at radius 3 is 2.57 bits per heavy atom. The molecule has 0 atom stereocenters. The van der Waals surface area contributed by atoms with Gasteiger partial charge in [-0.25, -0.2) is 4.79 Å². The van der Waals surface area contributed by atoms with Crippen molar-refractivity contribution in [2.75, 3.05) is 0 Å². The number of rotatable bonds is 2. The average molecular weight is 449 g/mol. The van der Waals surface area contributed by atoms with Crippen LogP contribution in [0, 0.1) is 4.77 Å². The van der Waals surface area contributed by atoms with Crippen LogP contribution in [0.2, 0.25) is 0 Å². The molecule has 2 heterocycles. The van der Waals surface area contributed by atoms with E-state index in [2.05, 4.69) is 20.9 Å². The molecule has 5 rings (SSSR count). The lowest BCUT2D eigenvalue weighted by Crippen LogP contribution is -2.03. The molecule has 0 amide bonds. The molecule has 0 unspecified atom stereocenters. The van der Waals surface area contributed by atoms with E-state index in [9.17, 15) is 4.79 Å². The fraction of sp³-hybridized carbons (Fsp3) is 0. The second kappa shape index (κ2) is 6.58. The predicted octanol–water partition coefficient (Wildman–Crippen LogP) is 6.22. The molecule has 0 saturated carbocycles. The normalized spacial score (nSPS) is 11.3. The van der Waals surface area contributed by atoms with Crippen molar-refractivity contribution in [1.82, 2.24) is 9.55 Å². The van der Waals surface area contributed by atoms with Gasteiger partial charge in [-0.15, -0.1) is 0 Å². The zero-order valence-corrected chi connectivity index (χ0v) is 16.9. The van der Waals surface area contributed by atoms with Crippen LogP contribution in [0.15, 0.2) is 86.6 Å². The van der Waals surface area contributed by atoms with Crippen LogP contribution in [0.4, 0.5) is 0 Å². The zero-order valence-electron chi connectivity index (χ0n) is 14.5. The first-order valence-corrected chi connectivity index (χ1v) is 9.84. The largest absolute Gasteiger partial charge is 0.422 e. The maximum atomic E-state index is 12.6. The molecular formula is C22H13BrN2O2S. The van der Waals surface area contributed by atoms with Gasteiger partial charge in [0, 0.05) is 21.7 Å². The van der Waals surface area contributed by atoms with E-state index in [4.69, 9.17) is 16.6 Å². The van der Waals surface area contributed by atoms with Crippen molar-refractivity contribution < 1.29 is 4.42 Å². The number of hydrogen-bond donors (Lipinski definition) is 1. The number of H-pyrrole nitrogens is 1. The summed E-state index contributed by atoms with van der Waals surface area (Å²) in [5, 5.41) is 3.02. The van der Waals surface area contributed by atoms with Crippen LogP contribution in [0.1, 0.15) is 0 Å². The smallest absolute Gasteiger partial charge is 0.345 e. The first-order chi connectivity index (χ1) is 13.6. The van der Waals surface area contributed by atoms with E-state index in [1.807, 2.05) is 77.5 Å². The number of hydrogen-bond acceptors (Lipinski definition) is 3. The molecule has 6 heteroatoms. The van der Waals surface area contributed by atoms with E-state index >= 15 is 0 Å². The summed E-state index contributed by atoms with van der Waals surface area (Å²) in [7, 11) is 0. The molecule has 0 aliphatic carbocycles. The van der Waals surface area contributed by atoms with E-state index < -0.39 is 5.63 Å². The molecule has 28 heavy (non-hydrogen) atoms. The summed E-state index contributed by atoms with van der Waals surface area (Å²) in [4.78, 5) is 15.8. The van der Waals surface area contributed by atoms with Crippen LogP contribution in [-0.4, -0.2) is 9.55 Å². The Bertz CT molecular complexity index is 1460. The van der Waals surface area contributed by atoms with Gasteiger partial charge in [0.25, 0.3) is 0 Å². The standard InChI is InChI=1S/C22H13BrN2O2S/c23-14-6-8-15(9-7-14)25-12-19(24-22(25)28)18-11-17-16-4-2-1-3-13(16)5-10-20(17)27-21(18)26/h1-12H,(H,24,28). The van der Waals surface area contributed by atoms with Crippen molar-refractivity contribution >= 4 is 49.9 Å². The fourth-order valence-electron chi connectivity index (χ4n) is 3.39. The summed E-state index contributed by atoms with van der Waals surface area (Å²) in [5.74, 6) is 0. The van der Waals surface area contributed by atoms with Gasteiger partial charge < -0.3 is 9.40 Å². The molecule has 0 saturated heterocycles. The van der Waals surface area contributed by atoms with E-state index in [1.165, 1.54) is 0 Å². The molecule has 0 fully saturated rings. The van der Waals surface area contributed by atoms with Crippen molar-refractivity contribution in [2.45, 2.75) is 0 Å². The minimum Gasteiger partial charge on any atom is -0.422 e. The maximum Gasteiger partial charge on any atom is 0.345 e. The molecule has 0 aliphatic rings. The van der Waals surface area contributed by atoms with Crippen LogP contribution in [-0.2, 0) is 0 Å². The van der Waals surface area contributed by atoms with Crippen LogP contribution in [0.25, 0.3) is 38.7 Å². The Morgan fingerprint density at radius 2 is 1.75 bits per heavy atom. The highest BCUT2D eigenvalue weighted by Crippen LogP contribution is 2.28. The minimum atomic E-state index is -0.401. The number of benzene rings is 3. The zero-order chi connectivity index (χ0) is 19.3. The second-order valence-electron chi connectivity index (χ2n) is 6.47. The number of aromatic amines is 1. The molecule has 2 aromatic heterocycles. The number of nitrogens with one attached hydrogen (secondary N) is 1. The van der Waals surface area contributed by atoms with E-state index in [1.54, 1.807) is 0 Å². The third kappa shape index (κ3) is 2.82. The van der Waals surface area contributed by atoms with Crippen molar-refractivity contribution in [3.63, 3.8) is 0 Å². The van der Waals surface area contributed by atoms with Gasteiger partial charge >= 0.3 is 5.63 Å². The van der Waals surface area contributed by atoms with E-state index in [0.29, 0.717) is 21.6 Å². The Balaban J connectivity index is 1.73. The third-order valence-electron chi connectivity index (χ3n) is 4.76. The number of halogens is 1. The molecule has 4 nitrogen and oxygen atoms in total. The number of imidazole rings is 1. The van der Waals surface area contributed by atoms with E-state index in [-0.39, 0.29) is 0 Å². The summed E-state index contributed by atoms with van der Waals surface area (Å²) in [5.41, 5.74) is 2.15. The number of aromatic nitrogens is 2. The van der Waals surface area contributed by atoms with Crippen molar-refractivity contribution in [3.8, 4) is 16.9 Å². The predicted molar refractivity (Wildman–Crippen MR) is 118 cm³/mol. The van der Waals surface area contributed by atoms with Gasteiger partial charge in [-0.05, 0) is 59.4 Å². The monoisotopic (exact) mass is 448 g/mol. The Hall–Kier alpha value is -2.96. The average Bonchev–Trinajstić information content (AvgIpc) is 3.09. The molecule has 0 radical (unpaired) electrons. The SMILES string of the molecule is O=c1oc2ccc3ccccc3c2cc1-c1cn(-c2ccc(Br)cc2)c(=S)[nH]1. The fourth-order valence-corrected chi connectivity index (χ4v) is 3.92. The lowest BCUT2D eigenvalue weighted by molar-refractivity contribution is 0.563. The first-order valence-electron chi connectivity index (χ1n) is 8.64. The summed E-state index contributed by atoms with van der Waals surface area (Å²) < 4.78 is 8.93. The van der Waals surface area contributed by atoms with Crippen LogP contribution < -0.4 is 5.63 Å². The quantitative estimate of drug-likeness (QED) is 0.198. The lowest BCUT2D eigenvalue weighted by Gasteiger charge is -2.04. The topological polar surface area (TPSA) is 50.9 Å². The summed E-state index contributed by atoms with van der Waals surface area (Å²) in [6.45, 7) is 0. The van der Waals surface area contributed by atoms with E-state index in [0.717, 1.165) is 26.3 Å². The minimum absolute atomic E-state index is 0.401. The second-order valence-corrected chi connectivity index (χ2v) is 7.77. The highest BCUT2D eigenvalue weighted by molar-refractivity contribution is 9.10. The summed E-state index contributed by atoms with van der Waals surface area (Å²) in [6, 6.07) is 21.5. The first kappa shape index (κ1) is 17.2. The molecule has 5 aromatic rings. The summed E-state index contributed by atoms with van der Waals surface area (Å²) in [6.07, 6.45) is 1.83. The Labute approximate surface area is 173 Å². The molecule has 0 spiro atoms. The Morgan fingerprint density at radius 1 is 0.964 bits per heavy atom. The number of fused-ring (bicyclic) bond motifs is 3. The summed E-state index contributed by atoms with van der Waals surface area (Å²) >= 11 is 8.90. The van der Waals surface area contributed by atoms with Gasteiger partial charge in [0.1, 0.15) is 5.58 Å². The molecular weight excluding hydrogens is 436 g/mol. The van der Waals surface area contributed by atoms with Crippen molar-refractivity contribution in [1.29, 1.82) is 0 Å². The van der Waals surface area contributed by atoms with Gasteiger partial charge in [0.05, 0.1) is 11.3 Å². The molecule has 3 aromatic carbocycles. The molecule has 0 aliphatic heterocycles. The maximum absolute atomic E-state index is 12.6. The highest BCUT2D eigenvalue weighted by atomic mass is 79.9. The van der Waals surface area contributed by atoms with Crippen molar-refractivity contribution in [2.24, 2.45) is 0 Å². The molecule has 0 bridgehead atoms. The number of nitrogens with zero attached hydrogens (tertiary/aromatic N) is 1. The van der Waals surface area contributed by atoms with Crippen LogP contribution in [0.5, 0.6) is 0 Å². The lowest BCUT2D eigenvalue weighted by atomic mass is 10.0. The van der Waals surface area contributed by atoms with Crippen LogP contribution >= 0.6 is 28.1 Å². The molecule has 136 valence electrons. The highest BCUT2D eigenvalue weighted by Gasteiger charge is 2.13. The van der Waals surface area contributed by atoms with Crippen LogP contribution in [0.3, 0.4) is 0 Å². The molecule has 1 N–H and O–H groups in total. The van der Waals surface area contributed by atoms with Gasteiger partial charge in [-0.1, -0.05) is 46.3 Å². The van der Waals surface area contributed by atoms with Gasteiger partial charge in [0.2, 0.25) is 0 Å². The van der Waals surface area contributed by atoms with Gasteiger partial charge in [-0.3, -0.25) is 4.57 Å². The third-order valence-corrected chi connectivity index (χ3v) is 5.58. The Kier molecular flexibility index (Phi) is 4.03. The van der Waals surface area contributed by atoms with Crippen molar-refractivity contribution in [3.05, 3.63) is 92.6 Å². The van der Waals surface area contributed by atoms with Gasteiger partial charge in [-0.2, -0.15) is 0 Å². The van der Waals surface area contributed by atoms with Gasteiger partial charge in [0.15, 0.2) is 4.77 Å².